The minimum absolute atomic E-state index is 0.0924. The van der Waals surface area contributed by atoms with E-state index in [9.17, 15) is 22.4 Å². The van der Waals surface area contributed by atoms with E-state index in [1.807, 2.05) is 37.3 Å². The molecule has 0 radical (unpaired) electrons. The number of carbonyl (C=O) groups is 2. The van der Waals surface area contributed by atoms with Crippen molar-refractivity contribution in [1.29, 1.82) is 0 Å². The van der Waals surface area contributed by atoms with Gasteiger partial charge in [0, 0.05) is 27.2 Å². The van der Waals surface area contributed by atoms with Crippen LogP contribution in [0.15, 0.2) is 54.6 Å². The van der Waals surface area contributed by atoms with Crippen LogP contribution in [0.1, 0.15) is 32.3 Å². The molecule has 0 saturated heterocycles. The summed E-state index contributed by atoms with van der Waals surface area (Å²) in [5.74, 6) is -1.75. The van der Waals surface area contributed by atoms with Gasteiger partial charge in [0.05, 0.1) is 5.69 Å². The van der Waals surface area contributed by atoms with Gasteiger partial charge in [-0.1, -0.05) is 55.8 Å². The van der Waals surface area contributed by atoms with Crippen molar-refractivity contribution in [3.8, 4) is 0 Å². The van der Waals surface area contributed by atoms with Crippen molar-refractivity contribution < 1.29 is 22.4 Å². The third kappa shape index (κ3) is 7.01. The summed E-state index contributed by atoms with van der Waals surface area (Å²) in [7, 11) is -1.59. The van der Waals surface area contributed by atoms with Gasteiger partial charge in [0.2, 0.25) is 11.8 Å². The molecule has 2 amide bonds. The highest BCUT2D eigenvalue weighted by atomic mass is 32.2. The summed E-state index contributed by atoms with van der Waals surface area (Å²) in [6.07, 6.45) is 1.70. The normalized spacial score (nSPS) is 12.3. The number of hydrogen-bond donors (Lipinski definition) is 1. The van der Waals surface area contributed by atoms with Gasteiger partial charge in [0.1, 0.15) is 18.4 Å². The number of halogens is 1. The first-order valence-corrected chi connectivity index (χ1v) is 12.5. The molecule has 10 heteroatoms. The summed E-state index contributed by atoms with van der Waals surface area (Å²) in [6, 6.07) is 13.6. The van der Waals surface area contributed by atoms with Gasteiger partial charge >= 0.3 is 10.2 Å². The van der Waals surface area contributed by atoms with Crippen LogP contribution in [-0.4, -0.2) is 62.7 Å². The maximum atomic E-state index is 14.6. The first-order chi connectivity index (χ1) is 16.1. The third-order valence-electron chi connectivity index (χ3n) is 5.33. The van der Waals surface area contributed by atoms with Crippen molar-refractivity contribution in [2.75, 3.05) is 31.5 Å². The molecule has 0 aliphatic heterocycles. The molecule has 2 aromatic rings. The number of benzene rings is 2. The number of rotatable bonds is 12. The Morgan fingerprint density at radius 3 is 2.24 bits per heavy atom. The van der Waals surface area contributed by atoms with Crippen LogP contribution in [0.4, 0.5) is 10.1 Å². The molecule has 0 bridgehead atoms. The molecule has 1 N–H and O–H groups in total. The van der Waals surface area contributed by atoms with Crippen LogP contribution in [0.2, 0.25) is 0 Å². The molecular formula is C24H33FN4O4S. The lowest BCUT2D eigenvalue weighted by Gasteiger charge is -2.33. The zero-order chi connectivity index (χ0) is 25.3. The molecule has 34 heavy (non-hydrogen) atoms. The Morgan fingerprint density at radius 2 is 1.65 bits per heavy atom. The standard InChI is InChI=1S/C24H33FN4O4S/c1-5-6-16-26-24(31)19(2)28(17-20-12-8-7-9-13-20)23(30)18-29(34(32,33)27(3)4)22-15-11-10-14-21(22)25/h7-15,19H,5-6,16-18H2,1-4H3,(H,26,31)/t19-/m1/s1. The molecule has 2 aromatic carbocycles. The molecule has 1 atom stereocenters. The predicted octanol–water partition coefficient (Wildman–Crippen LogP) is 2.77. The van der Waals surface area contributed by atoms with E-state index in [1.54, 1.807) is 6.92 Å². The largest absolute Gasteiger partial charge is 0.354 e. The number of carbonyl (C=O) groups excluding carboxylic acids is 2. The SMILES string of the molecule is CCCCNC(=O)[C@@H](C)N(Cc1ccccc1)C(=O)CN(c1ccccc1F)S(=O)(=O)N(C)C. The maximum absolute atomic E-state index is 14.6. The molecule has 0 aliphatic carbocycles. The molecule has 0 aliphatic rings. The van der Waals surface area contributed by atoms with Gasteiger partial charge < -0.3 is 10.2 Å². The number of anilines is 1. The zero-order valence-corrected chi connectivity index (χ0v) is 20.9. The van der Waals surface area contributed by atoms with Crippen molar-refractivity contribution in [3.05, 3.63) is 66.0 Å². The molecule has 186 valence electrons. The van der Waals surface area contributed by atoms with E-state index in [-0.39, 0.29) is 18.1 Å². The van der Waals surface area contributed by atoms with Crippen molar-refractivity contribution in [1.82, 2.24) is 14.5 Å². The number of para-hydroxylation sites is 1. The monoisotopic (exact) mass is 492 g/mol. The topological polar surface area (TPSA) is 90.0 Å². The summed E-state index contributed by atoms with van der Waals surface area (Å²) in [4.78, 5) is 27.6. The van der Waals surface area contributed by atoms with E-state index >= 15 is 0 Å². The quantitative estimate of drug-likeness (QED) is 0.462. The predicted molar refractivity (Wildman–Crippen MR) is 131 cm³/mol. The van der Waals surface area contributed by atoms with Crippen LogP contribution in [0.5, 0.6) is 0 Å². The summed E-state index contributed by atoms with van der Waals surface area (Å²) in [6.45, 7) is 3.50. The summed E-state index contributed by atoms with van der Waals surface area (Å²) >= 11 is 0. The van der Waals surface area contributed by atoms with Gasteiger partial charge in [0.25, 0.3) is 0 Å². The Balaban J connectivity index is 2.40. The number of unbranched alkanes of at least 4 members (excludes halogenated alkanes) is 1. The number of nitrogens with one attached hydrogen (secondary N) is 1. The lowest BCUT2D eigenvalue weighted by Crippen LogP contribution is -2.52. The van der Waals surface area contributed by atoms with E-state index < -0.39 is 34.5 Å². The second kappa shape index (κ2) is 12.5. The highest BCUT2D eigenvalue weighted by molar-refractivity contribution is 7.90. The molecule has 0 heterocycles. The van der Waals surface area contributed by atoms with Gasteiger partial charge in [-0.25, -0.2) is 8.70 Å². The fraction of sp³-hybridized carbons (Fsp3) is 0.417. The van der Waals surface area contributed by atoms with Crippen LogP contribution in [-0.2, 0) is 26.3 Å². The molecule has 0 spiro atoms. The van der Waals surface area contributed by atoms with Crippen molar-refractivity contribution in [2.24, 2.45) is 0 Å². The lowest BCUT2D eigenvalue weighted by atomic mass is 10.1. The van der Waals surface area contributed by atoms with Crippen LogP contribution < -0.4 is 9.62 Å². The molecule has 2 rings (SSSR count). The number of amides is 2. The molecule has 0 fully saturated rings. The van der Waals surface area contributed by atoms with E-state index in [0.29, 0.717) is 6.54 Å². The van der Waals surface area contributed by atoms with Crippen molar-refractivity contribution in [3.63, 3.8) is 0 Å². The van der Waals surface area contributed by atoms with Crippen molar-refractivity contribution in [2.45, 2.75) is 39.3 Å². The number of nitrogens with zero attached hydrogens (tertiary/aromatic N) is 3. The zero-order valence-electron chi connectivity index (χ0n) is 20.1. The Morgan fingerprint density at radius 1 is 1.03 bits per heavy atom. The Bertz CT molecular complexity index is 1060. The summed E-state index contributed by atoms with van der Waals surface area (Å²) < 4.78 is 42.2. The first kappa shape index (κ1) is 27.3. The second-order valence-electron chi connectivity index (χ2n) is 8.08. The average Bonchev–Trinajstić information content (AvgIpc) is 2.81. The fourth-order valence-corrected chi connectivity index (χ4v) is 4.32. The Hall–Kier alpha value is -2.98. The first-order valence-electron chi connectivity index (χ1n) is 11.1. The van der Waals surface area contributed by atoms with Gasteiger partial charge in [0.15, 0.2) is 0 Å². The molecule has 8 nitrogen and oxygen atoms in total. The minimum atomic E-state index is -4.20. The van der Waals surface area contributed by atoms with Crippen LogP contribution >= 0.6 is 0 Å². The lowest BCUT2D eigenvalue weighted by molar-refractivity contribution is -0.139. The van der Waals surface area contributed by atoms with E-state index in [1.165, 1.54) is 37.2 Å². The fourth-order valence-electron chi connectivity index (χ4n) is 3.25. The molecular weight excluding hydrogens is 459 g/mol. The van der Waals surface area contributed by atoms with Gasteiger partial charge in [-0.05, 0) is 31.0 Å². The Kier molecular flexibility index (Phi) is 10.0. The summed E-state index contributed by atoms with van der Waals surface area (Å²) in [5.41, 5.74) is 0.529. The minimum Gasteiger partial charge on any atom is -0.354 e. The van der Waals surface area contributed by atoms with Gasteiger partial charge in [-0.3, -0.25) is 9.59 Å². The molecule has 0 unspecified atom stereocenters. The summed E-state index contributed by atoms with van der Waals surface area (Å²) in [5, 5.41) is 2.81. The highest BCUT2D eigenvalue weighted by Gasteiger charge is 2.33. The molecule has 0 aromatic heterocycles. The average molecular weight is 493 g/mol. The smallest absolute Gasteiger partial charge is 0.304 e. The third-order valence-corrected chi connectivity index (χ3v) is 7.14. The maximum Gasteiger partial charge on any atom is 0.304 e. The van der Waals surface area contributed by atoms with E-state index in [4.69, 9.17) is 0 Å². The van der Waals surface area contributed by atoms with Gasteiger partial charge in [-0.15, -0.1) is 0 Å². The highest BCUT2D eigenvalue weighted by Crippen LogP contribution is 2.23. The van der Waals surface area contributed by atoms with Gasteiger partial charge in [-0.2, -0.15) is 12.7 Å². The van der Waals surface area contributed by atoms with E-state index in [2.05, 4.69) is 5.32 Å². The van der Waals surface area contributed by atoms with Crippen LogP contribution in [0, 0.1) is 5.82 Å². The van der Waals surface area contributed by atoms with Crippen molar-refractivity contribution >= 4 is 27.7 Å². The Labute approximate surface area is 201 Å². The van der Waals surface area contributed by atoms with Crippen LogP contribution in [0.25, 0.3) is 0 Å². The molecule has 0 saturated carbocycles. The van der Waals surface area contributed by atoms with Crippen LogP contribution in [0.3, 0.4) is 0 Å². The second-order valence-corrected chi connectivity index (χ2v) is 10.1. The van der Waals surface area contributed by atoms with E-state index in [0.717, 1.165) is 33.1 Å². The number of hydrogen-bond acceptors (Lipinski definition) is 4.